The maximum absolute atomic E-state index is 13.6. The van der Waals surface area contributed by atoms with Crippen LogP contribution in [-0.2, 0) is 54.3 Å². The van der Waals surface area contributed by atoms with Crippen LogP contribution in [0, 0.1) is 17.8 Å². The smallest absolute Gasteiger partial charge is 0.309 e. The number of benzene rings is 1. The molecule has 0 saturated carbocycles. The summed E-state index contributed by atoms with van der Waals surface area (Å²) in [7, 11) is 0. The minimum absolute atomic E-state index is 0.0260. The number of Topliss-reactive ketones (excluding diaryl/α,β-unsaturated/α-hetero) is 1. The lowest BCUT2D eigenvalue weighted by atomic mass is 9.87. The van der Waals surface area contributed by atoms with Gasteiger partial charge in [-0.15, -0.1) is 0 Å². The lowest BCUT2D eigenvalue weighted by Crippen LogP contribution is -2.46. The van der Waals surface area contributed by atoms with Crippen molar-refractivity contribution in [1.29, 1.82) is 0 Å². The number of amides is 1. The molecule has 0 fully saturated rings. The van der Waals surface area contributed by atoms with Crippen LogP contribution in [-0.4, -0.2) is 59.4 Å². The van der Waals surface area contributed by atoms with Crippen molar-refractivity contribution in [3.63, 3.8) is 0 Å². The van der Waals surface area contributed by atoms with Crippen LogP contribution in [0.5, 0.6) is 0 Å². The van der Waals surface area contributed by atoms with Gasteiger partial charge in [0.25, 0.3) is 0 Å². The monoisotopic (exact) mass is 645 g/mol. The van der Waals surface area contributed by atoms with Gasteiger partial charge >= 0.3 is 23.9 Å². The molecule has 256 valence electrons. The van der Waals surface area contributed by atoms with Crippen LogP contribution in [0.3, 0.4) is 0 Å². The van der Waals surface area contributed by atoms with Crippen LogP contribution < -0.4 is 5.32 Å². The number of hydrogen-bond donors (Lipinski definition) is 1. The highest BCUT2D eigenvalue weighted by Crippen LogP contribution is 2.22. The zero-order chi connectivity index (χ0) is 35.1. The summed E-state index contributed by atoms with van der Waals surface area (Å²) in [5.74, 6) is -6.26. The fourth-order valence-corrected chi connectivity index (χ4v) is 4.30. The Kier molecular flexibility index (Phi) is 16.4. The van der Waals surface area contributed by atoms with Crippen LogP contribution >= 0.6 is 0 Å². The molecule has 0 unspecified atom stereocenters. The maximum atomic E-state index is 13.6. The minimum Gasteiger partial charge on any atom is -0.461 e. The van der Waals surface area contributed by atoms with Crippen molar-refractivity contribution < 1.29 is 47.7 Å². The summed E-state index contributed by atoms with van der Waals surface area (Å²) < 4.78 is 21.3. The van der Waals surface area contributed by atoms with Gasteiger partial charge in [0.05, 0.1) is 30.7 Å². The third-order valence-corrected chi connectivity index (χ3v) is 6.49. The number of nitrogens with one attached hydrogen (secondary N) is 1. The predicted molar refractivity (Wildman–Crippen MR) is 171 cm³/mol. The van der Waals surface area contributed by atoms with Crippen molar-refractivity contribution >= 4 is 35.6 Å². The van der Waals surface area contributed by atoms with E-state index in [0.717, 1.165) is 5.56 Å². The molecule has 0 aromatic heterocycles. The average molecular weight is 646 g/mol. The van der Waals surface area contributed by atoms with Crippen LogP contribution in [0.1, 0.15) is 93.1 Å². The Bertz CT molecular complexity index is 1190. The van der Waals surface area contributed by atoms with E-state index in [0.29, 0.717) is 0 Å². The molecule has 46 heavy (non-hydrogen) atoms. The van der Waals surface area contributed by atoms with Crippen molar-refractivity contribution in [1.82, 2.24) is 5.32 Å². The SMILES string of the molecule is C=CCOC(=O)[C@@H](CC(=O)[C@H](CCC(=O)OC(C)(C)C)NC(=O)[C@@H](CC(=O)OCc1ccccc1)CC(=O)OC(C)(C)C)C(C)C. The van der Waals surface area contributed by atoms with E-state index in [-0.39, 0.29) is 38.4 Å². The van der Waals surface area contributed by atoms with E-state index < -0.39 is 77.5 Å². The lowest BCUT2D eigenvalue weighted by Gasteiger charge is -2.26. The van der Waals surface area contributed by atoms with Crippen molar-refractivity contribution in [2.75, 3.05) is 6.61 Å². The van der Waals surface area contributed by atoms with E-state index in [9.17, 15) is 28.8 Å². The van der Waals surface area contributed by atoms with E-state index in [4.69, 9.17) is 18.9 Å². The average Bonchev–Trinajstić information content (AvgIpc) is 2.93. The van der Waals surface area contributed by atoms with Crippen molar-refractivity contribution in [3.05, 3.63) is 48.6 Å². The molecule has 0 radical (unpaired) electrons. The lowest BCUT2D eigenvalue weighted by molar-refractivity contribution is -0.158. The van der Waals surface area contributed by atoms with E-state index in [1.165, 1.54) is 6.08 Å². The topological polar surface area (TPSA) is 151 Å². The normalized spacial score (nSPS) is 13.5. The summed E-state index contributed by atoms with van der Waals surface area (Å²) in [6.07, 6.45) is -0.132. The molecular weight excluding hydrogens is 594 g/mol. The number of hydrogen-bond acceptors (Lipinski definition) is 10. The fraction of sp³-hybridized carbons (Fsp3) is 0.600. The highest BCUT2D eigenvalue weighted by Gasteiger charge is 2.34. The van der Waals surface area contributed by atoms with Gasteiger partial charge in [-0.2, -0.15) is 0 Å². The third-order valence-electron chi connectivity index (χ3n) is 6.49. The molecule has 1 aromatic carbocycles. The maximum Gasteiger partial charge on any atom is 0.309 e. The van der Waals surface area contributed by atoms with Gasteiger partial charge in [-0.25, -0.2) is 0 Å². The summed E-state index contributed by atoms with van der Waals surface area (Å²) in [4.78, 5) is 78.0. The molecule has 1 N–H and O–H groups in total. The van der Waals surface area contributed by atoms with Gasteiger partial charge in [0.2, 0.25) is 5.91 Å². The summed E-state index contributed by atoms with van der Waals surface area (Å²) in [6.45, 7) is 17.1. The minimum atomic E-state index is -1.24. The Balaban J connectivity index is 3.24. The van der Waals surface area contributed by atoms with E-state index in [2.05, 4.69) is 11.9 Å². The van der Waals surface area contributed by atoms with Crippen molar-refractivity contribution in [2.24, 2.45) is 17.8 Å². The molecule has 1 rings (SSSR count). The van der Waals surface area contributed by atoms with Crippen LogP contribution in [0.2, 0.25) is 0 Å². The van der Waals surface area contributed by atoms with Gasteiger partial charge in [-0.05, 0) is 59.4 Å². The predicted octanol–water partition coefficient (Wildman–Crippen LogP) is 5.04. The Morgan fingerprint density at radius 1 is 0.804 bits per heavy atom. The molecule has 1 aromatic rings. The quantitative estimate of drug-likeness (QED) is 0.131. The molecular formula is C35H51NO10. The Morgan fingerprint density at radius 3 is 1.91 bits per heavy atom. The first-order valence-corrected chi connectivity index (χ1v) is 15.5. The number of rotatable bonds is 18. The number of ketones is 1. The fourth-order valence-electron chi connectivity index (χ4n) is 4.30. The number of carbonyl (C=O) groups excluding carboxylic acids is 6. The number of esters is 4. The van der Waals surface area contributed by atoms with Crippen molar-refractivity contribution in [2.45, 2.75) is 111 Å². The third kappa shape index (κ3) is 16.9. The second-order valence-electron chi connectivity index (χ2n) is 13.5. The molecule has 3 atom stereocenters. The number of ether oxygens (including phenoxy) is 4. The largest absolute Gasteiger partial charge is 0.461 e. The molecule has 11 heteroatoms. The molecule has 0 aliphatic heterocycles. The summed E-state index contributed by atoms with van der Waals surface area (Å²) in [5.41, 5.74) is -0.872. The molecule has 11 nitrogen and oxygen atoms in total. The molecule has 0 aliphatic carbocycles. The van der Waals surface area contributed by atoms with Gasteiger partial charge in [0, 0.05) is 12.8 Å². The standard InChI is InChI=1S/C35H51NO10/c1-10-18-43-33(42)26(23(2)3)21-28(37)27(16-17-29(38)45-34(4,5)6)36-32(41)25(20-31(40)46-35(7,8)9)19-30(39)44-22-24-14-12-11-13-15-24/h10-15,23,25-27H,1,16-22H2,2-9H3,(H,36,41)/t25-,26-,27-/m0/s1. The zero-order valence-corrected chi connectivity index (χ0v) is 28.5. The molecule has 0 spiro atoms. The highest BCUT2D eigenvalue weighted by atomic mass is 16.6. The number of carbonyl (C=O) groups is 6. The Morgan fingerprint density at radius 2 is 1.37 bits per heavy atom. The van der Waals surface area contributed by atoms with E-state index in [1.54, 1.807) is 79.7 Å². The molecule has 0 bridgehead atoms. The summed E-state index contributed by atoms with van der Waals surface area (Å²) in [6, 6.07) is 7.72. The van der Waals surface area contributed by atoms with Gasteiger partial charge in [-0.1, -0.05) is 56.8 Å². The molecule has 0 saturated heterocycles. The van der Waals surface area contributed by atoms with Gasteiger partial charge in [0.15, 0.2) is 5.78 Å². The Hall–Kier alpha value is -4.02. The van der Waals surface area contributed by atoms with Crippen molar-refractivity contribution in [3.8, 4) is 0 Å². The Labute approximate surface area is 272 Å². The van der Waals surface area contributed by atoms with E-state index >= 15 is 0 Å². The van der Waals surface area contributed by atoms with Gasteiger partial charge < -0.3 is 24.3 Å². The molecule has 0 heterocycles. The van der Waals surface area contributed by atoms with E-state index in [1.807, 2.05) is 6.07 Å². The summed E-state index contributed by atoms with van der Waals surface area (Å²) >= 11 is 0. The second kappa shape index (κ2) is 18.8. The van der Waals surface area contributed by atoms with Gasteiger partial charge in [-0.3, -0.25) is 28.8 Å². The first-order valence-electron chi connectivity index (χ1n) is 15.5. The van der Waals surface area contributed by atoms with Gasteiger partial charge in [0.1, 0.15) is 24.4 Å². The van der Waals surface area contributed by atoms with Crippen LogP contribution in [0.25, 0.3) is 0 Å². The van der Waals surface area contributed by atoms with Crippen LogP contribution in [0.15, 0.2) is 43.0 Å². The zero-order valence-electron chi connectivity index (χ0n) is 28.5. The van der Waals surface area contributed by atoms with Crippen LogP contribution in [0.4, 0.5) is 0 Å². The summed E-state index contributed by atoms with van der Waals surface area (Å²) in [5, 5.41) is 2.63. The second-order valence-corrected chi connectivity index (χ2v) is 13.5. The molecule has 1 amide bonds. The highest BCUT2D eigenvalue weighted by molar-refractivity contribution is 5.94. The first kappa shape index (κ1) is 40.0. The first-order chi connectivity index (χ1) is 21.3. The molecule has 0 aliphatic rings.